The Morgan fingerprint density at radius 3 is 2.76 bits per heavy atom. The van der Waals surface area contributed by atoms with E-state index in [4.69, 9.17) is 4.74 Å². The monoisotopic (exact) mass is 233 g/mol. The van der Waals surface area contributed by atoms with Gasteiger partial charge in [0, 0.05) is 12.1 Å². The zero-order valence-corrected chi connectivity index (χ0v) is 11.0. The number of hydrogen-bond acceptors (Lipinski definition) is 2. The topological polar surface area (TPSA) is 21.3 Å². The summed E-state index contributed by atoms with van der Waals surface area (Å²) in [6, 6.07) is 6.38. The molecule has 1 aliphatic carbocycles. The molecule has 0 bridgehead atoms. The smallest absolute Gasteiger partial charge is 0.126 e. The molecule has 0 amide bonds. The van der Waals surface area contributed by atoms with Crippen molar-refractivity contribution in [2.75, 3.05) is 13.7 Å². The predicted octanol–water partition coefficient (Wildman–Crippen LogP) is 3.28. The highest BCUT2D eigenvalue weighted by Crippen LogP contribution is 2.28. The van der Waals surface area contributed by atoms with Crippen LogP contribution in [0.5, 0.6) is 5.75 Å². The third kappa shape index (κ3) is 3.22. The van der Waals surface area contributed by atoms with E-state index in [1.807, 2.05) is 7.05 Å². The third-order valence-corrected chi connectivity index (χ3v) is 3.60. The Bertz CT molecular complexity index is 356. The molecule has 0 radical (unpaired) electrons. The van der Waals surface area contributed by atoms with Gasteiger partial charge in [-0.15, -0.1) is 0 Å². The van der Waals surface area contributed by atoms with Crippen molar-refractivity contribution in [3.8, 4) is 5.75 Å². The summed E-state index contributed by atoms with van der Waals surface area (Å²) in [7, 11) is 1.98. The van der Waals surface area contributed by atoms with E-state index in [2.05, 4.69) is 30.4 Å². The van der Waals surface area contributed by atoms with E-state index >= 15 is 0 Å². The lowest BCUT2D eigenvalue weighted by Crippen LogP contribution is -2.12. The molecule has 0 aromatic heterocycles. The van der Waals surface area contributed by atoms with E-state index in [-0.39, 0.29) is 0 Å². The Labute approximate surface area is 104 Å². The first-order valence-corrected chi connectivity index (χ1v) is 6.67. The summed E-state index contributed by atoms with van der Waals surface area (Å²) in [4.78, 5) is 0. The second-order valence-corrected chi connectivity index (χ2v) is 5.05. The lowest BCUT2D eigenvalue weighted by molar-refractivity contribution is 0.248. The fourth-order valence-electron chi connectivity index (χ4n) is 2.63. The molecule has 1 N–H and O–H groups in total. The molecule has 1 aromatic carbocycles. The molecule has 2 rings (SSSR count). The van der Waals surface area contributed by atoms with Crippen molar-refractivity contribution in [1.29, 1.82) is 0 Å². The number of benzene rings is 1. The van der Waals surface area contributed by atoms with Crippen molar-refractivity contribution in [3.05, 3.63) is 29.3 Å². The minimum absolute atomic E-state index is 0.775. The van der Waals surface area contributed by atoms with E-state index in [1.165, 1.54) is 36.8 Å². The fraction of sp³-hybridized carbons (Fsp3) is 0.600. The van der Waals surface area contributed by atoms with Gasteiger partial charge in [0.1, 0.15) is 5.75 Å². The first-order valence-electron chi connectivity index (χ1n) is 6.67. The van der Waals surface area contributed by atoms with E-state index in [0.717, 1.165) is 24.8 Å². The van der Waals surface area contributed by atoms with Crippen LogP contribution in [-0.2, 0) is 6.54 Å². The molecule has 1 aromatic rings. The maximum Gasteiger partial charge on any atom is 0.126 e. The summed E-state index contributed by atoms with van der Waals surface area (Å²) in [6.45, 7) is 3.90. The van der Waals surface area contributed by atoms with Crippen molar-refractivity contribution in [2.45, 2.75) is 39.2 Å². The van der Waals surface area contributed by atoms with Crippen LogP contribution in [0.3, 0.4) is 0 Å². The average molecular weight is 233 g/mol. The van der Waals surface area contributed by atoms with E-state index < -0.39 is 0 Å². The molecular weight excluding hydrogens is 210 g/mol. The van der Waals surface area contributed by atoms with Gasteiger partial charge in [-0.05, 0) is 38.3 Å². The highest BCUT2D eigenvalue weighted by atomic mass is 16.5. The minimum Gasteiger partial charge on any atom is -0.493 e. The molecule has 1 saturated carbocycles. The molecule has 2 heteroatoms. The molecule has 0 spiro atoms. The standard InChI is InChI=1S/C15H23NO/c1-12-6-5-9-14(10-16-2)15(12)17-11-13-7-3-4-8-13/h5-6,9,13,16H,3-4,7-8,10-11H2,1-2H3. The van der Waals surface area contributed by atoms with Crippen LogP contribution in [0.15, 0.2) is 18.2 Å². The van der Waals surface area contributed by atoms with Gasteiger partial charge in [0.15, 0.2) is 0 Å². The number of para-hydroxylation sites is 1. The lowest BCUT2D eigenvalue weighted by atomic mass is 10.1. The van der Waals surface area contributed by atoms with Gasteiger partial charge < -0.3 is 10.1 Å². The highest BCUT2D eigenvalue weighted by Gasteiger charge is 2.16. The zero-order chi connectivity index (χ0) is 12.1. The van der Waals surface area contributed by atoms with Crippen LogP contribution in [0.25, 0.3) is 0 Å². The maximum atomic E-state index is 6.06. The van der Waals surface area contributed by atoms with E-state index in [9.17, 15) is 0 Å². The number of hydrogen-bond donors (Lipinski definition) is 1. The number of nitrogens with one attached hydrogen (secondary N) is 1. The van der Waals surface area contributed by atoms with E-state index in [1.54, 1.807) is 0 Å². The fourth-order valence-corrected chi connectivity index (χ4v) is 2.63. The summed E-state index contributed by atoms with van der Waals surface area (Å²) >= 11 is 0. The van der Waals surface area contributed by atoms with Crippen LogP contribution in [-0.4, -0.2) is 13.7 Å². The number of aryl methyl sites for hydroxylation is 1. The Kier molecular flexibility index (Phi) is 4.43. The molecule has 0 heterocycles. The first kappa shape index (κ1) is 12.4. The average Bonchev–Trinajstić information content (AvgIpc) is 2.82. The van der Waals surface area contributed by atoms with Gasteiger partial charge in [0.05, 0.1) is 6.61 Å². The van der Waals surface area contributed by atoms with Crippen LogP contribution in [0.1, 0.15) is 36.8 Å². The Morgan fingerprint density at radius 2 is 2.06 bits per heavy atom. The van der Waals surface area contributed by atoms with Crippen molar-refractivity contribution in [1.82, 2.24) is 5.32 Å². The molecule has 0 unspecified atom stereocenters. The molecular formula is C15H23NO. The first-order chi connectivity index (χ1) is 8.31. The van der Waals surface area contributed by atoms with Gasteiger partial charge in [-0.25, -0.2) is 0 Å². The van der Waals surface area contributed by atoms with Crippen LogP contribution >= 0.6 is 0 Å². The molecule has 0 atom stereocenters. The number of rotatable bonds is 5. The number of ether oxygens (including phenoxy) is 1. The summed E-state index contributed by atoms with van der Waals surface area (Å²) < 4.78 is 6.06. The molecule has 0 saturated heterocycles. The van der Waals surface area contributed by atoms with Gasteiger partial charge in [-0.3, -0.25) is 0 Å². The summed E-state index contributed by atoms with van der Waals surface area (Å²) in [6.07, 6.45) is 5.44. The molecule has 17 heavy (non-hydrogen) atoms. The van der Waals surface area contributed by atoms with Crippen molar-refractivity contribution < 1.29 is 4.74 Å². The normalized spacial score (nSPS) is 16.4. The summed E-state index contributed by atoms with van der Waals surface area (Å²) in [5, 5.41) is 3.20. The zero-order valence-electron chi connectivity index (χ0n) is 11.0. The summed E-state index contributed by atoms with van der Waals surface area (Å²) in [5.74, 6) is 1.87. The van der Waals surface area contributed by atoms with Gasteiger partial charge >= 0.3 is 0 Å². The molecule has 1 fully saturated rings. The lowest BCUT2D eigenvalue weighted by Gasteiger charge is -2.16. The Morgan fingerprint density at radius 1 is 1.29 bits per heavy atom. The minimum atomic E-state index is 0.775. The quantitative estimate of drug-likeness (QED) is 0.842. The van der Waals surface area contributed by atoms with Crippen LogP contribution in [0.2, 0.25) is 0 Å². The van der Waals surface area contributed by atoms with Crippen LogP contribution < -0.4 is 10.1 Å². The van der Waals surface area contributed by atoms with Gasteiger partial charge in [-0.1, -0.05) is 31.0 Å². The Balaban J connectivity index is 2.02. The van der Waals surface area contributed by atoms with Crippen LogP contribution in [0.4, 0.5) is 0 Å². The van der Waals surface area contributed by atoms with Gasteiger partial charge in [0.2, 0.25) is 0 Å². The van der Waals surface area contributed by atoms with Crippen molar-refractivity contribution >= 4 is 0 Å². The van der Waals surface area contributed by atoms with Crippen molar-refractivity contribution in [3.63, 3.8) is 0 Å². The Hall–Kier alpha value is -1.02. The van der Waals surface area contributed by atoms with E-state index in [0.29, 0.717) is 0 Å². The maximum absolute atomic E-state index is 6.06. The highest BCUT2D eigenvalue weighted by molar-refractivity contribution is 5.40. The second kappa shape index (κ2) is 6.06. The molecule has 1 aliphatic rings. The predicted molar refractivity (Wildman–Crippen MR) is 71.4 cm³/mol. The molecule has 94 valence electrons. The molecule has 0 aliphatic heterocycles. The van der Waals surface area contributed by atoms with Gasteiger partial charge in [0.25, 0.3) is 0 Å². The summed E-state index contributed by atoms with van der Waals surface area (Å²) in [5.41, 5.74) is 2.52. The largest absolute Gasteiger partial charge is 0.493 e. The van der Waals surface area contributed by atoms with Gasteiger partial charge in [-0.2, -0.15) is 0 Å². The third-order valence-electron chi connectivity index (χ3n) is 3.60. The van der Waals surface area contributed by atoms with Crippen molar-refractivity contribution in [2.24, 2.45) is 5.92 Å². The SMILES string of the molecule is CNCc1cccc(C)c1OCC1CCCC1. The molecule has 2 nitrogen and oxygen atoms in total. The van der Waals surface area contributed by atoms with Crippen LogP contribution in [0, 0.1) is 12.8 Å². The second-order valence-electron chi connectivity index (χ2n) is 5.05.